The summed E-state index contributed by atoms with van der Waals surface area (Å²) < 4.78 is 0. The molecule has 1 aliphatic heterocycles. The van der Waals surface area contributed by atoms with Gasteiger partial charge in [0, 0.05) is 31.7 Å². The van der Waals surface area contributed by atoms with E-state index in [1.807, 2.05) is 6.07 Å². The molecule has 1 aliphatic rings. The first-order valence-corrected chi connectivity index (χ1v) is 6.89. The van der Waals surface area contributed by atoms with Gasteiger partial charge in [-0.15, -0.1) is 0 Å². The number of anilines is 3. The van der Waals surface area contributed by atoms with E-state index in [9.17, 15) is 0 Å². The van der Waals surface area contributed by atoms with Crippen LogP contribution in [0.4, 0.5) is 17.6 Å². The fourth-order valence-electron chi connectivity index (χ4n) is 2.26. The van der Waals surface area contributed by atoms with Crippen LogP contribution in [0.2, 0.25) is 0 Å². The number of nitrogens with zero attached hydrogens (tertiary/aromatic N) is 4. The van der Waals surface area contributed by atoms with Gasteiger partial charge in [0.05, 0.1) is 0 Å². The molecule has 19 heavy (non-hydrogen) atoms. The normalized spacial score (nSPS) is 17.6. The topological polar surface area (TPSA) is 70.3 Å². The van der Waals surface area contributed by atoms with Crippen LogP contribution < -0.4 is 16.0 Å². The van der Waals surface area contributed by atoms with Crippen molar-refractivity contribution in [2.75, 3.05) is 49.2 Å². The summed E-state index contributed by atoms with van der Waals surface area (Å²) in [6.07, 6.45) is 1.15. The Bertz CT molecular complexity index is 420. The monoisotopic (exact) mass is 264 g/mol. The first-order valence-electron chi connectivity index (χ1n) is 6.89. The molecule has 6 nitrogen and oxygen atoms in total. The zero-order valence-corrected chi connectivity index (χ0v) is 12.1. The minimum atomic E-state index is 0.331. The van der Waals surface area contributed by atoms with Crippen LogP contribution in [0.25, 0.3) is 0 Å². The van der Waals surface area contributed by atoms with Crippen molar-refractivity contribution in [2.24, 2.45) is 0 Å². The predicted octanol–water partition coefficient (Wildman–Crippen LogP) is 1.02. The van der Waals surface area contributed by atoms with E-state index in [1.165, 1.54) is 0 Å². The van der Waals surface area contributed by atoms with Gasteiger partial charge in [0.25, 0.3) is 0 Å². The third-order valence-electron chi connectivity index (χ3n) is 3.21. The molecule has 0 radical (unpaired) electrons. The first-order chi connectivity index (χ1) is 9.04. The fraction of sp³-hybridized carbons (Fsp3) is 0.692. The largest absolute Gasteiger partial charge is 0.368 e. The highest BCUT2D eigenvalue weighted by Crippen LogP contribution is 2.19. The Labute approximate surface area is 115 Å². The van der Waals surface area contributed by atoms with Crippen LogP contribution in [0, 0.1) is 0 Å². The summed E-state index contributed by atoms with van der Waals surface area (Å²) in [4.78, 5) is 13.2. The maximum Gasteiger partial charge on any atom is 0.223 e. The molecule has 0 aromatic carbocycles. The van der Waals surface area contributed by atoms with Crippen LogP contribution in [-0.2, 0) is 0 Å². The van der Waals surface area contributed by atoms with Crippen molar-refractivity contribution in [3.05, 3.63) is 6.07 Å². The summed E-state index contributed by atoms with van der Waals surface area (Å²) >= 11 is 0. The van der Waals surface area contributed by atoms with Gasteiger partial charge in [0.15, 0.2) is 0 Å². The van der Waals surface area contributed by atoms with Crippen LogP contribution in [0.3, 0.4) is 0 Å². The number of nitrogens with two attached hydrogens (primary N) is 1. The summed E-state index contributed by atoms with van der Waals surface area (Å²) in [6, 6.07) is 2.32. The summed E-state index contributed by atoms with van der Waals surface area (Å²) in [6.45, 7) is 8.35. The number of hydrogen-bond acceptors (Lipinski definition) is 6. The van der Waals surface area contributed by atoms with Crippen LogP contribution in [0.15, 0.2) is 6.07 Å². The molecule has 0 aliphatic carbocycles. The number of rotatable bonds is 3. The summed E-state index contributed by atoms with van der Waals surface area (Å²) in [5.74, 6) is 2.05. The minimum Gasteiger partial charge on any atom is -0.368 e. The van der Waals surface area contributed by atoms with E-state index in [0.717, 1.165) is 44.2 Å². The number of nitrogens with one attached hydrogen (secondary N) is 1. The van der Waals surface area contributed by atoms with E-state index in [1.54, 1.807) is 0 Å². The van der Waals surface area contributed by atoms with Gasteiger partial charge in [-0.2, -0.15) is 9.97 Å². The second kappa shape index (κ2) is 6.06. The third kappa shape index (κ3) is 3.96. The third-order valence-corrected chi connectivity index (χ3v) is 3.21. The van der Waals surface area contributed by atoms with E-state index in [2.05, 4.69) is 46.0 Å². The lowest BCUT2D eigenvalue weighted by atomic mass is 10.3. The number of nitrogen functional groups attached to an aromatic ring is 1. The second-order valence-electron chi connectivity index (χ2n) is 5.41. The summed E-state index contributed by atoms with van der Waals surface area (Å²) in [5, 5.41) is 3.28. The smallest absolute Gasteiger partial charge is 0.223 e. The Morgan fingerprint density at radius 2 is 2.00 bits per heavy atom. The molecule has 0 amide bonds. The van der Waals surface area contributed by atoms with Gasteiger partial charge < -0.3 is 20.9 Å². The molecule has 3 N–H and O–H groups in total. The minimum absolute atomic E-state index is 0.331. The zero-order chi connectivity index (χ0) is 13.8. The van der Waals surface area contributed by atoms with Crippen molar-refractivity contribution in [1.29, 1.82) is 0 Å². The molecule has 0 saturated carbocycles. The molecule has 0 bridgehead atoms. The van der Waals surface area contributed by atoms with Crippen LogP contribution in [0.1, 0.15) is 20.3 Å². The molecule has 0 atom stereocenters. The van der Waals surface area contributed by atoms with Gasteiger partial charge in [-0.25, -0.2) is 0 Å². The first kappa shape index (κ1) is 13.9. The van der Waals surface area contributed by atoms with Gasteiger partial charge in [-0.05, 0) is 33.9 Å². The van der Waals surface area contributed by atoms with Gasteiger partial charge in [0.2, 0.25) is 5.95 Å². The number of hydrogen-bond donors (Lipinski definition) is 2. The molecule has 1 aromatic rings. The maximum atomic E-state index is 5.81. The standard InChI is InChI=1S/C13H24N6/c1-10(2)15-11-9-12(17-13(14)16-11)19-6-4-5-18(3)7-8-19/h9-10H,4-8H2,1-3H3,(H3,14,15,16,17). The van der Waals surface area contributed by atoms with Gasteiger partial charge >= 0.3 is 0 Å². The van der Waals surface area contributed by atoms with Crippen molar-refractivity contribution >= 4 is 17.6 Å². The Hall–Kier alpha value is -1.56. The molecule has 1 saturated heterocycles. The molecule has 0 spiro atoms. The Kier molecular flexibility index (Phi) is 4.42. The highest BCUT2D eigenvalue weighted by molar-refractivity contribution is 5.53. The molecule has 2 rings (SSSR count). The fourth-order valence-corrected chi connectivity index (χ4v) is 2.26. The summed E-state index contributed by atoms with van der Waals surface area (Å²) in [7, 11) is 2.16. The van der Waals surface area contributed by atoms with Crippen molar-refractivity contribution < 1.29 is 0 Å². The van der Waals surface area contributed by atoms with E-state index < -0.39 is 0 Å². The Balaban J connectivity index is 2.16. The van der Waals surface area contributed by atoms with E-state index in [4.69, 9.17) is 5.73 Å². The van der Waals surface area contributed by atoms with Crippen molar-refractivity contribution in [2.45, 2.75) is 26.3 Å². The maximum absolute atomic E-state index is 5.81. The molecule has 1 aromatic heterocycles. The predicted molar refractivity (Wildman–Crippen MR) is 79.5 cm³/mol. The van der Waals surface area contributed by atoms with Crippen molar-refractivity contribution in [1.82, 2.24) is 14.9 Å². The molecule has 1 fully saturated rings. The molecular weight excluding hydrogens is 240 g/mol. The van der Waals surface area contributed by atoms with Gasteiger partial charge in [0.1, 0.15) is 11.6 Å². The Morgan fingerprint density at radius 3 is 2.74 bits per heavy atom. The molecule has 106 valence electrons. The number of aromatic nitrogens is 2. The lowest BCUT2D eigenvalue weighted by Crippen LogP contribution is -2.29. The summed E-state index contributed by atoms with van der Waals surface area (Å²) in [5.41, 5.74) is 5.81. The number of likely N-dealkylation sites (N-methyl/N-ethyl adjacent to an activating group) is 1. The zero-order valence-electron chi connectivity index (χ0n) is 12.1. The van der Waals surface area contributed by atoms with Gasteiger partial charge in [-0.3, -0.25) is 0 Å². The van der Waals surface area contributed by atoms with Crippen molar-refractivity contribution in [3.63, 3.8) is 0 Å². The van der Waals surface area contributed by atoms with E-state index in [-0.39, 0.29) is 0 Å². The van der Waals surface area contributed by atoms with Gasteiger partial charge in [-0.1, -0.05) is 0 Å². The van der Waals surface area contributed by atoms with E-state index in [0.29, 0.717) is 12.0 Å². The average molecular weight is 264 g/mol. The van der Waals surface area contributed by atoms with Crippen LogP contribution in [-0.4, -0.2) is 54.1 Å². The quantitative estimate of drug-likeness (QED) is 0.849. The Morgan fingerprint density at radius 1 is 1.21 bits per heavy atom. The molecule has 2 heterocycles. The highest BCUT2D eigenvalue weighted by Gasteiger charge is 2.15. The molecule has 6 heteroatoms. The van der Waals surface area contributed by atoms with E-state index >= 15 is 0 Å². The lowest BCUT2D eigenvalue weighted by Gasteiger charge is -2.22. The average Bonchev–Trinajstić information content (AvgIpc) is 2.52. The molecular formula is C13H24N6. The molecule has 0 unspecified atom stereocenters. The van der Waals surface area contributed by atoms with Crippen molar-refractivity contribution in [3.8, 4) is 0 Å². The highest BCUT2D eigenvalue weighted by atomic mass is 15.3. The van der Waals surface area contributed by atoms with Crippen LogP contribution in [0.5, 0.6) is 0 Å². The second-order valence-corrected chi connectivity index (χ2v) is 5.41. The lowest BCUT2D eigenvalue weighted by molar-refractivity contribution is 0.360. The SMILES string of the molecule is CC(C)Nc1cc(N2CCCN(C)CC2)nc(N)n1. The van der Waals surface area contributed by atoms with Crippen LogP contribution >= 0.6 is 0 Å².